The van der Waals surface area contributed by atoms with Gasteiger partial charge < -0.3 is 13.6 Å². The molecule has 5 nitrogen and oxygen atoms in total. The highest BCUT2D eigenvalue weighted by Gasteiger charge is 2.18. The van der Waals surface area contributed by atoms with E-state index in [9.17, 15) is 9.59 Å². The van der Waals surface area contributed by atoms with Gasteiger partial charge in [-0.3, -0.25) is 0 Å². The Morgan fingerprint density at radius 3 is 2.47 bits per heavy atom. The van der Waals surface area contributed by atoms with Crippen LogP contribution in [0.3, 0.4) is 0 Å². The Hall–Kier alpha value is -3.35. The van der Waals surface area contributed by atoms with E-state index >= 15 is 0 Å². The van der Waals surface area contributed by atoms with Crippen LogP contribution in [0.15, 0.2) is 84.8 Å². The first-order valence-electron chi connectivity index (χ1n) is 9.64. The first-order chi connectivity index (χ1) is 15.4. The highest BCUT2D eigenvalue weighted by atomic mass is 79.9. The minimum absolute atomic E-state index is 0.0939. The van der Waals surface area contributed by atoms with Crippen LogP contribution in [0.4, 0.5) is 0 Å². The molecule has 0 fully saturated rings. The molecule has 2 heterocycles. The molecular formula is C25H14BrClO5. The summed E-state index contributed by atoms with van der Waals surface area (Å²) in [6.07, 6.45) is 0. The number of benzene rings is 3. The lowest BCUT2D eigenvalue weighted by Crippen LogP contribution is -2.08. The van der Waals surface area contributed by atoms with Gasteiger partial charge in [0.15, 0.2) is 0 Å². The van der Waals surface area contributed by atoms with Gasteiger partial charge in [-0.1, -0.05) is 39.7 Å². The fourth-order valence-electron chi connectivity index (χ4n) is 3.62. The summed E-state index contributed by atoms with van der Waals surface area (Å²) in [7, 11) is 0. The van der Waals surface area contributed by atoms with Crippen molar-refractivity contribution in [2.45, 2.75) is 6.92 Å². The first kappa shape index (κ1) is 20.5. The number of esters is 1. The molecule has 0 N–H and O–H groups in total. The summed E-state index contributed by atoms with van der Waals surface area (Å²) in [6.45, 7) is 1.83. The highest BCUT2D eigenvalue weighted by molar-refractivity contribution is 9.10. The van der Waals surface area contributed by atoms with Gasteiger partial charge >= 0.3 is 11.6 Å². The third-order valence-corrected chi connectivity index (χ3v) is 5.91. The summed E-state index contributed by atoms with van der Waals surface area (Å²) in [6, 6.07) is 18.9. The molecule has 3 aromatic carbocycles. The van der Waals surface area contributed by atoms with E-state index in [1.807, 2.05) is 19.1 Å². The molecule has 0 aliphatic rings. The van der Waals surface area contributed by atoms with Crippen LogP contribution in [0.25, 0.3) is 33.1 Å². The summed E-state index contributed by atoms with van der Waals surface area (Å²) in [5.74, 6) is -0.218. The van der Waals surface area contributed by atoms with Crippen LogP contribution in [-0.2, 0) is 0 Å². The molecule has 158 valence electrons. The normalized spacial score (nSPS) is 11.2. The number of carbonyl (C=O) groups is 1. The van der Waals surface area contributed by atoms with E-state index < -0.39 is 11.6 Å². The molecule has 32 heavy (non-hydrogen) atoms. The van der Waals surface area contributed by atoms with Gasteiger partial charge in [-0.2, -0.15) is 0 Å². The predicted octanol–water partition coefficient (Wildman–Crippen LogP) is 7.15. The Kier molecular flexibility index (Phi) is 5.12. The Morgan fingerprint density at radius 1 is 0.938 bits per heavy atom. The third-order valence-electron chi connectivity index (χ3n) is 5.16. The molecule has 0 unspecified atom stereocenters. The molecule has 5 rings (SSSR count). The van der Waals surface area contributed by atoms with Crippen LogP contribution >= 0.6 is 27.5 Å². The number of halogens is 2. The zero-order valence-electron chi connectivity index (χ0n) is 16.6. The number of ether oxygens (including phenoxy) is 1. The quantitative estimate of drug-likeness (QED) is 0.147. The maximum Gasteiger partial charge on any atom is 0.379 e. The number of aryl methyl sites for hydroxylation is 1. The molecule has 2 aromatic heterocycles. The smallest absolute Gasteiger partial charge is 0.379 e. The highest BCUT2D eigenvalue weighted by Crippen LogP contribution is 2.30. The van der Waals surface area contributed by atoms with Gasteiger partial charge in [0.1, 0.15) is 16.9 Å². The van der Waals surface area contributed by atoms with E-state index in [0.29, 0.717) is 44.0 Å². The van der Waals surface area contributed by atoms with Crippen molar-refractivity contribution in [1.29, 1.82) is 0 Å². The van der Waals surface area contributed by atoms with Gasteiger partial charge in [0, 0.05) is 20.3 Å². The molecule has 0 bridgehead atoms. The van der Waals surface area contributed by atoms with E-state index in [0.717, 1.165) is 9.86 Å². The summed E-state index contributed by atoms with van der Waals surface area (Å²) in [5, 5.41) is 2.02. The Balaban J connectivity index is 1.52. The van der Waals surface area contributed by atoms with Crippen molar-refractivity contribution in [1.82, 2.24) is 0 Å². The molecule has 7 heteroatoms. The minimum Gasteiger partial charge on any atom is -0.449 e. The minimum atomic E-state index is -0.621. The Labute approximate surface area is 195 Å². The second-order valence-electron chi connectivity index (χ2n) is 7.24. The monoisotopic (exact) mass is 508 g/mol. The van der Waals surface area contributed by atoms with Gasteiger partial charge in [-0.05, 0) is 72.6 Å². The van der Waals surface area contributed by atoms with Gasteiger partial charge in [0.05, 0.1) is 5.56 Å². The van der Waals surface area contributed by atoms with E-state index in [2.05, 4.69) is 15.9 Å². The number of fused-ring (bicyclic) bond motifs is 2. The molecule has 0 spiro atoms. The van der Waals surface area contributed by atoms with Crippen molar-refractivity contribution in [2.24, 2.45) is 0 Å². The van der Waals surface area contributed by atoms with Crippen molar-refractivity contribution < 1.29 is 18.4 Å². The van der Waals surface area contributed by atoms with E-state index in [-0.39, 0.29) is 5.76 Å². The SMILES string of the molecule is Cc1c(-c2ccc(Cl)cc2)c(=O)oc2ccc(OC(=O)c3cc4cc(Br)ccc4o3)cc12. The third kappa shape index (κ3) is 3.72. The standard InChI is InChI=1S/C25H14BrClO5/c1-13-19-12-18(30-24(28)22-11-15-10-16(26)4-8-20(15)31-22)7-9-21(19)32-25(29)23(13)14-2-5-17(27)6-3-14/h2-12H,1H3. The maximum atomic E-state index is 12.7. The van der Waals surface area contributed by atoms with Crippen molar-refractivity contribution in [3.63, 3.8) is 0 Å². The lowest BCUT2D eigenvalue weighted by atomic mass is 9.99. The molecule has 5 aromatic rings. The lowest BCUT2D eigenvalue weighted by Gasteiger charge is -2.09. The summed E-state index contributed by atoms with van der Waals surface area (Å²) in [5.41, 5.74) is 2.38. The molecule has 0 saturated heterocycles. The van der Waals surface area contributed by atoms with Gasteiger partial charge in [-0.25, -0.2) is 9.59 Å². The molecule has 0 amide bonds. The Morgan fingerprint density at radius 2 is 1.69 bits per heavy atom. The summed E-state index contributed by atoms with van der Waals surface area (Å²) >= 11 is 9.36. The number of rotatable bonds is 3. The van der Waals surface area contributed by atoms with E-state index in [4.69, 9.17) is 25.2 Å². The predicted molar refractivity (Wildman–Crippen MR) is 127 cm³/mol. The van der Waals surface area contributed by atoms with Crippen LogP contribution in [0.1, 0.15) is 16.1 Å². The van der Waals surface area contributed by atoms with Crippen LogP contribution < -0.4 is 10.4 Å². The lowest BCUT2D eigenvalue weighted by molar-refractivity contribution is 0.0704. The first-order valence-corrected chi connectivity index (χ1v) is 10.8. The fraction of sp³-hybridized carbons (Fsp3) is 0.0400. The second-order valence-corrected chi connectivity index (χ2v) is 8.59. The van der Waals surface area contributed by atoms with E-state index in [1.165, 1.54) is 0 Å². The van der Waals surface area contributed by atoms with Crippen molar-refractivity contribution in [2.75, 3.05) is 0 Å². The van der Waals surface area contributed by atoms with Gasteiger partial charge in [-0.15, -0.1) is 0 Å². The molecule has 0 radical (unpaired) electrons. The Bertz CT molecular complexity index is 1560. The average Bonchev–Trinajstić information content (AvgIpc) is 3.19. The zero-order valence-corrected chi connectivity index (χ0v) is 19.0. The number of furan rings is 1. The second kappa shape index (κ2) is 7.97. The van der Waals surface area contributed by atoms with Crippen LogP contribution in [0.2, 0.25) is 5.02 Å². The van der Waals surface area contributed by atoms with Gasteiger partial charge in [0.25, 0.3) is 0 Å². The maximum absolute atomic E-state index is 12.7. The fourth-order valence-corrected chi connectivity index (χ4v) is 4.12. The number of hydrogen-bond donors (Lipinski definition) is 0. The van der Waals surface area contributed by atoms with Crippen molar-refractivity contribution >= 4 is 55.4 Å². The van der Waals surface area contributed by atoms with Crippen LogP contribution in [-0.4, -0.2) is 5.97 Å². The summed E-state index contributed by atoms with van der Waals surface area (Å²) < 4.78 is 17.5. The van der Waals surface area contributed by atoms with Crippen molar-refractivity contribution in [3.8, 4) is 16.9 Å². The summed E-state index contributed by atoms with van der Waals surface area (Å²) in [4.78, 5) is 25.2. The van der Waals surface area contributed by atoms with Crippen LogP contribution in [0.5, 0.6) is 5.75 Å². The van der Waals surface area contributed by atoms with Gasteiger partial charge in [0.2, 0.25) is 5.76 Å². The average molecular weight is 510 g/mol. The largest absolute Gasteiger partial charge is 0.449 e. The molecular weight excluding hydrogens is 496 g/mol. The van der Waals surface area contributed by atoms with Crippen LogP contribution in [0, 0.1) is 6.92 Å². The van der Waals surface area contributed by atoms with E-state index in [1.54, 1.807) is 54.6 Å². The molecule has 0 aliphatic heterocycles. The topological polar surface area (TPSA) is 69.7 Å². The molecule has 0 saturated carbocycles. The zero-order chi connectivity index (χ0) is 22.4. The molecule has 0 atom stereocenters. The molecule has 0 aliphatic carbocycles. The van der Waals surface area contributed by atoms with Crippen molar-refractivity contribution in [3.05, 3.63) is 98.0 Å². The number of carbonyl (C=O) groups excluding carboxylic acids is 1. The number of hydrogen-bond acceptors (Lipinski definition) is 5.